The lowest BCUT2D eigenvalue weighted by Crippen LogP contribution is -1.94. The summed E-state index contributed by atoms with van der Waals surface area (Å²) < 4.78 is 0. The van der Waals surface area contributed by atoms with E-state index >= 15 is 0 Å². The third-order valence-electron chi connectivity index (χ3n) is 1.39. The summed E-state index contributed by atoms with van der Waals surface area (Å²) in [5.74, 6) is 0.413. The molecule has 1 rings (SSSR count). The Labute approximate surface area is 59.5 Å². The van der Waals surface area contributed by atoms with Gasteiger partial charge >= 0.3 is 0 Å². The lowest BCUT2D eigenvalue weighted by Gasteiger charge is -1.99. The molecule has 0 unspecified atom stereocenters. The lowest BCUT2D eigenvalue weighted by molar-refractivity contribution is 0.177. The zero-order chi connectivity index (χ0) is 7.56. The molecule has 0 bridgehead atoms. The van der Waals surface area contributed by atoms with Crippen LogP contribution in [0.2, 0.25) is 0 Å². The number of anilines is 1. The SMILES string of the molecule is Cc1cnc(N)cc1C[O]. The second-order valence-corrected chi connectivity index (χ2v) is 2.18. The zero-order valence-electron chi connectivity index (χ0n) is 5.79. The number of aromatic nitrogens is 1. The van der Waals surface area contributed by atoms with Crippen molar-refractivity contribution in [2.24, 2.45) is 0 Å². The fourth-order valence-corrected chi connectivity index (χ4v) is 0.739. The highest BCUT2D eigenvalue weighted by molar-refractivity contribution is 5.35. The predicted octanol–water partition coefficient (Wildman–Crippen LogP) is 0.903. The molecule has 53 valence electrons. The van der Waals surface area contributed by atoms with Crippen molar-refractivity contribution in [1.82, 2.24) is 4.98 Å². The molecule has 0 aliphatic rings. The van der Waals surface area contributed by atoms with E-state index in [0.717, 1.165) is 11.1 Å². The van der Waals surface area contributed by atoms with Crippen LogP contribution in [0, 0.1) is 6.92 Å². The van der Waals surface area contributed by atoms with Gasteiger partial charge in [-0.1, -0.05) is 0 Å². The lowest BCUT2D eigenvalue weighted by atomic mass is 10.2. The monoisotopic (exact) mass is 137 g/mol. The normalized spacial score (nSPS) is 9.80. The second-order valence-electron chi connectivity index (χ2n) is 2.18. The van der Waals surface area contributed by atoms with E-state index in [-0.39, 0.29) is 6.61 Å². The highest BCUT2D eigenvalue weighted by Gasteiger charge is 1.97. The fraction of sp³-hybridized carbons (Fsp3) is 0.286. The molecule has 1 aromatic heterocycles. The van der Waals surface area contributed by atoms with Gasteiger partial charge in [0.05, 0.1) is 0 Å². The summed E-state index contributed by atoms with van der Waals surface area (Å²) in [6.07, 6.45) is 1.61. The van der Waals surface area contributed by atoms with E-state index in [1.54, 1.807) is 12.3 Å². The first-order valence-electron chi connectivity index (χ1n) is 3.03. The predicted molar refractivity (Wildman–Crippen MR) is 37.8 cm³/mol. The number of hydrogen-bond donors (Lipinski definition) is 1. The molecule has 0 saturated heterocycles. The molecule has 0 atom stereocenters. The Morgan fingerprint density at radius 3 is 2.90 bits per heavy atom. The molecule has 1 heterocycles. The maximum atomic E-state index is 10.4. The summed E-state index contributed by atoms with van der Waals surface area (Å²) in [6, 6.07) is 1.61. The van der Waals surface area contributed by atoms with Crippen LogP contribution in [-0.2, 0) is 11.7 Å². The van der Waals surface area contributed by atoms with Crippen LogP contribution in [0.25, 0.3) is 0 Å². The fourth-order valence-electron chi connectivity index (χ4n) is 0.739. The third kappa shape index (κ3) is 1.25. The number of nitrogen functional groups attached to an aromatic ring is 1. The van der Waals surface area contributed by atoms with Gasteiger partial charge in [0.15, 0.2) is 0 Å². The van der Waals surface area contributed by atoms with E-state index in [4.69, 9.17) is 5.73 Å². The smallest absolute Gasteiger partial charge is 0.123 e. The Morgan fingerprint density at radius 2 is 2.40 bits per heavy atom. The van der Waals surface area contributed by atoms with Crippen molar-refractivity contribution in [2.75, 3.05) is 5.73 Å². The summed E-state index contributed by atoms with van der Waals surface area (Å²) in [5, 5.41) is 10.4. The van der Waals surface area contributed by atoms with Gasteiger partial charge in [0.2, 0.25) is 0 Å². The van der Waals surface area contributed by atoms with Crippen molar-refractivity contribution in [1.29, 1.82) is 0 Å². The Balaban J connectivity index is 3.09. The maximum absolute atomic E-state index is 10.4. The third-order valence-corrected chi connectivity index (χ3v) is 1.39. The van der Waals surface area contributed by atoms with Gasteiger partial charge in [0, 0.05) is 6.20 Å². The van der Waals surface area contributed by atoms with Crippen molar-refractivity contribution in [2.45, 2.75) is 13.5 Å². The molecule has 2 N–H and O–H groups in total. The van der Waals surface area contributed by atoms with E-state index in [2.05, 4.69) is 4.98 Å². The second kappa shape index (κ2) is 2.66. The molecule has 3 nitrogen and oxygen atoms in total. The minimum absolute atomic E-state index is 0.224. The molecule has 0 amide bonds. The summed E-state index contributed by atoms with van der Waals surface area (Å²) >= 11 is 0. The molecule has 0 fully saturated rings. The largest absolute Gasteiger partial charge is 0.384 e. The number of nitrogens with two attached hydrogens (primary N) is 1. The molecule has 0 aliphatic heterocycles. The number of aryl methyl sites for hydroxylation is 1. The molecule has 1 radical (unpaired) electrons. The standard InChI is InChI=1S/C7H9N2O/c1-5-3-9-7(8)2-6(5)4-10/h2-3H,4H2,1H3,(H2,8,9). The quantitative estimate of drug-likeness (QED) is 0.625. The summed E-state index contributed by atoms with van der Waals surface area (Å²) in [7, 11) is 0. The van der Waals surface area contributed by atoms with Crippen molar-refractivity contribution in [3.8, 4) is 0 Å². The summed E-state index contributed by atoms with van der Waals surface area (Å²) in [6.45, 7) is 1.62. The van der Waals surface area contributed by atoms with Crippen molar-refractivity contribution in [3.05, 3.63) is 23.4 Å². The van der Waals surface area contributed by atoms with Crippen LogP contribution in [0.4, 0.5) is 5.82 Å². The Hall–Kier alpha value is -1.09. The Kier molecular flexibility index (Phi) is 1.87. The minimum Gasteiger partial charge on any atom is -0.384 e. The average molecular weight is 137 g/mol. The Bertz CT molecular complexity index is 235. The molecule has 0 saturated carbocycles. The molecule has 3 heteroatoms. The average Bonchev–Trinajstić information content (AvgIpc) is 1.94. The molecule has 0 aromatic carbocycles. The van der Waals surface area contributed by atoms with Gasteiger partial charge < -0.3 is 5.73 Å². The van der Waals surface area contributed by atoms with Crippen molar-refractivity contribution < 1.29 is 5.11 Å². The molecular formula is C7H9N2O. The summed E-state index contributed by atoms with van der Waals surface area (Å²) in [4.78, 5) is 3.83. The number of rotatable bonds is 1. The topological polar surface area (TPSA) is 58.8 Å². The maximum Gasteiger partial charge on any atom is 0.123 e. The molecule has 0 spiro atoms. The van der Waals surface area contributed by atoms with Gasteiger partial charge in [-0.3, -0.25) is 0 Å². The zero-order valence-corrected chi connectivity index (χ0v) is 5.79. The van der Waals surface area contributed by atoms with E-state index in [1.807, 2.05) is 6.92 Å². The molecular weight excluding hydrogens is 128 g/mol. The summed E-state index contributed by atoms with van der Waals surface area (Å²) in [5.41, 5.74) is 6.99. The highest BCUT2D eigenvalue weighted by Crippen LogP contribution is 2.08. The van der Waals surface area contributed by atoms with Crippen molar-refractivity contribution in [3.63, 3.8) is 0 Å². The number of pyridine rings is 1. The first-order valence-corrected chi connectivity index (χ1v) is 3.03. The van der Waals surface area contributed by atoms with Crippen LogP contribution in [0.1, 0.15) is 11.1 Å². The number of hydrogen-bond acceptors (Lipinski definition) is 2. The minimum atomic E-state index is -0.224. The van der Waals surface area contributed by atoms with E-state index in [0.29, 0.717) is 5.82 Å². The van der Waals surface area contributed by atoms with E-state index in [1.165, 1.54) is 0 Å². The van der Waals surface area contributed by atoms with Gasteiger partial charge in [-0.2, -0.15) is 0 Å². The first kappa shape index (κ1) is 7.02. The van der Waals surface area contributed by atoms with Gasteiger partial charge in [-0.05, 0) is 24.1 Å². The number of nitrogens with zero attached hydrogens (tertiary/aromatic N) is 1. The molecule has 1 aromatic rings. The van der Waals surface area contributed by atoms with Crippen LogP contribution in [0.3, 0.4) is 0 Å². The molecule has 0 aliphatic carbocycles. The van der Waals surface area contributed by atoms with E-state index in [9.17, 15) is 5.11 Å². The van der Waals surface area contributed by atoms with Crippen molar-refractivity contribution >= 4 is 5.82 Å². The van der Waals surface area contributed by atoms with E-state index < -0.39 is 0 Å². The van der Waals surface area contributed by atoms with Crippen LogP contribution in [0.5, 0.6) is 0 Å². The van der Waals surface area contributed by atoms with Crippen LogP contribution in [-0.4, -0.2) is 4.98 Å². The van der Waals surface area contributed by atoms with Crippen LogP contribution >= 0.6 is 0 Å². The van der Waals surface area contributed by atoms with Gasteiger partial charge in [-0.25, -0.2) is 10.1 Å². The Morgan fingerprint density at radius 1 is 1.70 bits per heavy atom. The first-order chi connectivity index (χ1) is 4.74. The van der Waals surface area contributed by atoms with Gasteiger partial charge in [0.25, 0.3) is 0 Å². The van der Waals surface area contributed by atoms with Gasteiger partial charge in [0.1, 0.15) is 12.4 Å². The highest BCUT2D eigenvalue weighted by atomic mass is 16.3. The van der Waals surface area contributed by atoms with Crippen LogP contribution in [0.15, 0.2) is 12.3 Å². The van der Waals surface area contributed by atoms with Gasteiger partial charge in [-0.15, -0.1) is 0 Å². The van der Waals surface area contributed by atoms with Crippen LogP contribution < -0.4 is 5.73 Å². The molecule has 10 heavy (non-hydrogen) atoms.